The fourth-order valence-electron chi connectivity index (χ4n) is 3.86. The Morgan fingerprint density at radius 3 is 2.20 bits per heavy atom. The van der Waals surface area contributed by atoms with Crippen LogP contribution in [0.4, 0.5) is 0 Å². The van der Waals surface area contributed by atoms with E-state index in [1.165, 1.54) is 28.4 Å². The topological polar surface area (TPSA) is 104 Å². The lowest BCUT2D eigenvalue weighted by molar-refractivity contribution is -0.132. The Morgan fingerprint density at radius 1 is 0.886 bits per heavy atom. The average Bonchev–Trinajstić information content (AvgIpc) is 3.42. The van der Waals surface area contributed by atoms with Gasteiger partial charge in [0, 0.05) is 31.7 Å². The van der Waals surface area contributed by atoms with Crippen LogP contribution in [0.3, 0.4) is 0 Å². The molecule has 4 rings (SSSR count). The SMILES string of the molecule is Cc1cccc(C(=O)N[C@H](C(=O)N2CCN(C(=O)c3cccs3)CC2)S(=O)(=O)c2ccccc2)c1. The third-order valence-electron chi connectivity index (χ3n) is 5.76. The minimum Gasteiger partial charge on any atom is -0.336 e. The van der Waals surface area contributed by atoms with E-state index in [4.69, 9.17) is 0 Å². The van der Waals surface area contributed by atoms with Crippen molar-refractivity contribution in [2.45, 2.75) is 17.2 Å². The molecule has 0 radical (unpaired) electrons. The molecule has 1 fully saturated rings. The molecule has 1 aliphatic rings. The molecular formula is C25H25N3O5S2. The first-order valence-corrected chi connectivity index (χ1v) is 13.5. The van der Waals surface area contributed by atoms with Crippen molar-refractivity contribution in [1.82, 2.24) is 15.1 Å². The Kier molecular flexibility index (Phi) is 7.32. The summed E-state index contributed by atoms with van der Waals surface area (Å²) in [6.07, 6.45) is 0. The Labute approximate surface area is 208 Å². The molecule has 3 aromatic rings. The number of nitrogens with one attached hydrogen (secondary N) is 1. The van der Waals surface area contributed by atoms with E-state index in [1.807, 2.05) is 18.4 Å². The molecule has 182 valence electrons. The van der Waals surface area contributed by atoms with E-state index in [0.29, 0.717) is 4.88 Å². The number of thiophene rings is 1. The number of piperazine rings is 1. The summed E-state index contributed by atoms with van der Waals surface area (Å²) in [4.78, 5) is 42.6. The van der Waals surface area contributed by atoms with Gasteiger partial charge >= 0.3 is 0 Å². The highest BCUT2D eigenvalue weighted by Gasteiger charge is 2.39. The second kappa shape index (κ2) is 10.4. The number of benzene rings is 2. The molecule has 0 saturated carbocycles. The maximum absolute atomic E-state index is 13.5. The van der Waals surface area contributed by atoms with Crippen LogP contribution in [0.25, 0.3) is 0 Å². The van der Waals surface area contributed by atoms with E-state index < -0.39 is 27.0 Å². The lowest BCUT2D eigenvalue weighted by Crippen LogP contribution is -2.57. The molecule has 0 unspecified atom stereocenters. The van der Waals surface area contributed by atoms with Crippen molar-refractivity contribution in [3.63, 3.8) is 0 Å². The van der Waals surface area contributed by atoms with Crippen molar-refractivity contribution in [3.05, 3.63) is 88.1 Å². The highest BCUT2D eigenvalue weighted by atomic mass is 32.2. The van der Waals surface area contributed by atoms with Gasteiger partial charge in [-0.25, -0.2) is 8.42 Å². The van der Waals surface area contributed by atoms with Crippen molar-refractivity contribution in [3.8, 4) is 0 Å². The van der Waals surface area contributed by atoms with Gasteiger partial charge < -0.3 is 15.1 Å². The summed E-state index contributed by atoms with van der Waals surface area (Å²) >= 11 is 1.34. The van der Waals surface area contributed by atoms with Crippen molar-refractivity contribution in [1.29, 1.82) is 0 Å². The summed E-state index contributed by atoms with van der Waals surface area (Å²) in [5.41, 5.74) is 1.09. The van der Waals surface area contributed by atoms with Crippen LogP contribution in [0.15, 0.2) is 77.0 Å². The highest BCUT2D eigenvalue weighted by molar-refractivity contribution is 7.92. The third-order valence-corrected chi connectivity index (χ3v) is 8.49. The first-order chi connectivity index (χ1) is 16.8. The number of aryl methyl sites for hydroxylation is 1. The zero-order chi connectivity index (χ0) is 25.0. The zero-order valence-electron chi connectivity index (χ0n) is 19.1. The summed E-state index contributed by atoms with van der Waals surface area (Å²) < 4.78 is 26.9. The van der Waals surface area contributed by atoms with Gasteiger partial charge in [0.15, 0.2) is 0 Å². The predicted octanol–water partition coefficient (Wildman–Crippen LogP) is 2.57. The van der Waals surface area contributed by atoms with Gasteiger partial charge in [0.1, 0.15) is 0 Å². The van der Waals surface area contributed by atoms with Gasteiger partial charge in [-0.15, -0.1) is 11.3 Å². The Bertz CT molecular complexity index is 1320. The number of hydrogen-bond acceptors (Lipinski definition) is 6. The van der Waals surface area contributed by atoms with Crippen LogP contribution in [-0.4, -0.2) is 67.5 Å². The normalized spacial score (nSPS) is 14.9. The maximum atomic E-state index is 13.5. The summed E-state index contributed by atoms with van der Waals surface area (Å²) in [6, 6.07) is 17.8. The lowest BCUT2D eigenvalue weighted by atomic mass is 10.1. The Hall–Kier alpha value is -3.50. The smallest absolute Gasteiger partial charge is 0.264 e. The molecule has 2 heterocycles. The summed E-state index contributed by atoms with van der Waals surface area (Å²) in [5, 5.41) is 2.48. The fraction of sp³-hybridized carbons (Fsp3) is 0.240. The van der Waals surface area contributed by atoms with Gasteiger partial charge in [0.25, 0.3) is 17.7 Å². The molecule has 0 aliphatic carbocycles. The molecule has 0 spiro atoms. The standard InChI is InChI=1S/C25H25N3O5S2/c1-18-7-5-8-19(17-18)22(29)26-23(35(32,33)20-9-3-2-4-10-20)25(31)28-14-12-27(13-15-28)24(30)21-11-6-16-34-21/h2-11,16-17,23H,12-15H2,1H3,(H,26,29)/t23-/m0/s1. The summed E-state index contributed by atoms with van der Waals surface area (Å²) in [6.45, 7) is 2.68. The van der Waals surface area contributed by atoms with E-state index >= 15 is 0 Å². The number of nitrogens with zero attached hydrogens (tertiary/aromatic N) is 2. The van der Waals surface area contributed by atoms with Crippen LogP contribution in [0, 0.1) is 6.92 Å². The van der Waals surface area contributed by atoms with Gasteiger partial charge in [-0.3, -0.25) is 14.4 Å². The Morgan fingerprint density at radius 2 is 1.57 bits per heavy atom. The minimum absolute atomic E-state index is 0.0607. The van der Waals surface area contributed by atoms with Crippen LogP contribution in [0.5, 0.6) is 0 Å². The largest absolute Gasteiger partial charge is 0.336 e. The molecule has 8 nitrogen and oxygen atoms in total. The Balaban J connectivity index is 1.55. The molecule has 10 heteroatoms. The fourth-order valence-corrected chi connectivity index (χ4v) is 6.03. The monoisotopic (exact) mass is 511 g/mol. The van der Waals surface area contributed by atoms with Crippen LogP contribution in [0.2, 0.25) is 0 Å². The van der Waals surface area contributed by atoms with E-state index in [2.05, 4.69) is 5.32 Å². The van der Waals surface area contributed by atoms with Gasteiger partial charge in [-0.05, 0) is 42.6 Å². The van der Waals surface area contributed by atoms with Gasteiger partial charge in [0.2, 0.25) is 15.2 Å². The van der Waals surface area contributed by atoms with Crippen LogP contribution < -0.4 is 5.32 Å². The molecule has 1 aliphatic heterocycles. The minimum atomic E-state index is -4.23. The number of amides is 3. The van der Waals surface area contributed by atoms with Crippen LogP contribution in [-0.2, 0) is 14.6 Å². The number of hydrogen-bond donors (Lipinski definition) is 1. The van der Waals surface area contributed by atoms with Crippen molar-refractivity contribution in [2.24, 2.45) is 0 Å². The molecule has 1 saturated heterocycles. The zero-order valence-corrected chi connectivity index (χ0v) is 20.7. The second-order valence-electron chi connectivity index (χ2n) is 8.18. The number of carbonyl (C=O) groups excluding carboxylic acids is 3. The third kappa shape index (κ3) is 5.44. The number of carbonyl (C=O) groups is 3. The summed E-state index contributed by atoms with van der Waals surface area (Å²) in [7, 11) is -4.23. The maximum Gasteiger partial charge on any atom is 0.264 e. The van der Waals surface area contributed by atoms with Gasteiger partial charge in [-0.2, -0.15) is 0 Å². The van der Waals surface area contributed by atoms with Crippen LogP contribution in [0.1, 0.15) is 25.6 Å². The first kappa shape index (κ1) is 24.6. The van der Waals surface area contributed by atoms with Crippen molar-refractivity contribution >= 4 is 38.9 Å². The van der Waals surface area contributed by atoms with Gasteiger partial charge in [-0.1, -0.05) is 42.0 Å². The van der Waals surface area contributed by atoms with Crippen LogP contribution >= 0.6 is 11.3 Å². The molecule has 1 aromatic heterocycles. The molecule has 2 aromatic carbocycles. The van der Waals surface area contributed by atoms with E-state index in [9.17, 15) is 22.8 Å². The second-order valence-corrected chi connectivity index (χ2v) is 11.2. The molecule has 3 amide bonds. The first-order valence-electron chi connectivity index (χ1n) is 11.1. The molecule has 35 heavy (non-hydrogen) atoms. The van der Waals surface area contributed by atoms with E-state index in [1.54, 1.807) is 53.4 Å². The average molecular weight is 512 g/mol. The summed E-state index contributed by atoms with van der Waals surface area (Å²) in [5.74, 6) is -1.50. The van der Waals surface area contributed by atoms with E-state index in [0.717, 1.165) is 5.56 Å². The quantitative estimate of drug-likeness (QED) is 0.548. The van der Waals surface area contributed by atoms with Crippen molar-refractivity contribution in [2.75, 3.05) is 26.2 Å². The molecular weight excluding hydrogens is 486 g/mol. The lowest BCUT2D eigenvalue weighted by Gasteiger charge is -2.36. The van der Waals surface area contributed by atoms with E-state index in [-0.39, 0.29) is 42.5 Å². The molecule has 1 N–H and O–H groups in total. The number of sulfone groups is 1. The van der Waals surface area contributed by atoms with Crippen molar-refractivity contribution < 1.29 is 22.8 Å². The molecule has 0 bridgehead atoms. The number of rotatable bonds is 6. The molecule has 1 atom stereocenters. The predicted molar refractivity (Wildman–Crippen MR) is 133 cm³/mol. The van der Waals surface area contributed by atoms with Gasteiger partial charge in [0.05, 0.1) is 9.77 Å². The highest BCUT2D eigenvalue weighted by Crippen LogP contribution is 2.19.